The number of ether oxygens (including phenoxy) is 1. The number of hydrogen-bond acceptors (Lipinski definition) is 4. The average Bonchev–Trinajstić information content (AvgIpc) is 2.35. The number of hydrogen-bond donors (Lipinski definition) is 2. The van der Waals surface area contributed by atoms with Crippen molar-refractivity contribution in [3.05, 3.63) is 12.7 Å². The number of carbonyl (C=O) groups is 3. The normalized spacial score (nSPS) is 11.4. The number of rotatable bonds is 10. The number of allylic oxidation sites excluding steroid dienone is 1. The van der Waals surface area contributed by atoms with Crippen LogP contribution in [0, 0.1) is 0 Å². The summed E-state index contributed by atoms with van der Waals surface area (Å²) in [5.74, 6) is -2.00. The first kappa shape index (κ1) is 17.2. The molecule has 0 spiro atoms. The second-order valence-corrected chi connectivity index (χ2v) is 3.98. The predicted octanol–water partition coefficient (Wildman–Crippen LogP) is 1.26. The van der Waals surface area contributed by atoms with Gasteiger partial charge < -0.3 is 15.2 Å². The van der Waals surface area contributed by atoms with Crippen molar-refractivity contribution < 1.29 is 24.2 Å². The summed E-state index contributed by atoms with van der Waals surface area (Å²) >= 11 is 0. The molecule has 0 aromatic heterocycles. The molecule has 0 aliphatic heterocycles. The van der Waals surface area contributed by atoms with E-state index >= 15 is 0 Å². The van der Waals surface area contributed by atoms with E-state index < -0.39 is 23.9 Å². The van der Waals surface area contributed by atoms with Gasteiger partial charge in [0.2, 0.25) is 5.91 Å². The third-order valence-electron chi connectivity index (χ3n) is 2.40. The quantitative estimate of drug-likeness (QED) is 0.354. The summed E-state index contributed by atoms with van der Waals surface area (Å²) in [7, 11) is 0. The fourth-order valence-electron chi connectivity index (χ4n) is 1.44. The van der Waals surface area contributed by atoms with Gasteiger partial charge in [0.1, 0.15) is 6.04 Å². The van der Waals surface area contributed by atoms with Crippen LogP contribution >= 0.6 is 0 Å². The maximum atomic E-state index is 11.5. The summed E-state index contributed by atoms with van der Waals surface area (Å²) in [5.41, 5.74) is 0. The number of carbonyl (C=O) groups excluding carboxylic acids is 2. The van der Waals surface area contributed by atoms with Gasteiger partial charge in [0.25, 0.3) is 0 Å². The van der Waals surface area contributed by atoms with Gasteiger partial charge in [-0.1, -0.05) is 6.08 Å². The summed E-state index contributed by atoms with van der Waals surface area (Å²) in [5, 5.41) is 11.3. The van der Waals surface area contributed by atoms with Crippen molar-refractivity contribution >= 4 is 17.8 Å². The second-order valence-electron chi connectivity index (χ2n) is 3.98. The van der Waals surface area contributed by atoms with Crippen LogP contribution in [0.25, 0.3) is 0 Å². The van der Waals surface area contributed by atoms with Gasteiger partial charge >= 0.3 is 11.9 Å². The lowest BCUT2D eigenvalue weighted by Gasteiger charge is -2.13. The second kappa shape index (κ2) is 10.1. The van der Waals surface area contributed by atoms with Crippen LogP contribution < -0.4 is 5.32 Å². The molecule has 0 heterocycles. The van der Waals surface area contributed by atoms with Crippen molar-refractivity contribution in [2.45, 2.75) is 45.1 Å². The lowest BCUT2D eigenvalue weighted by Crippen LogP contribution is -2.40. The van der Waals surface area contributed by atoms with Crippen LogP contribution in [0.3, 0.4) is 0 Å². The maximum Gasteiger partial charge on any atom is 0.326 e. The standard InChI is InChI=1S/C13H21NO5/c1-3-5-6-7-10(13(17)18)14-11(15)8-9-12(16)19-4-2/h3,10H,1,4-9H2,2H3,(H,14,15)(H,17,18)/t10-/m0/s1. The Morgan fingerprint density at radius 2 is 2.05 bits per heavy atom. The molecule has 0 rings (SSSR count). The molecule has 0 unspecified atom stereocenters. The van der Waals surface area contributed by atoms with E-state index in [-0.39, 0.29) is 19.4 Å². The molecule has 0 aromatic carbocycles. The third kappa shape index (κ3) is 8.82. The number of aliphatic carboxylic acids is 1. The molecular formula is C13H21NO5. The van der Waals surface area contributed by atoms with Gasteiger partial charge in [-0.15, -0.1) is 6.58 Å². The van der Waals surface area contributed by atoms with Gasteiger partial charge in [-0.2, -0.15) is 0 Å². The van der Waals surface area contributed by atoms with Gasteiger partial charge in [-0.3, -0.25) is 9.59 Å². The van der Waals surface area contributed by atoms with Gasteiger partial charge in [0.05, 0.1) is 13.0 Å². The molecule has 108 valence electrons. The van der Waals surface area contributed by atoms with E-state index in [1.54, 1.807) is 13.0 Å². The largest absolute Gasteiger partial charge is 0.480 e. The summed E-state index contributed by atoms with van der Waals surface area (Å²) in [6.45, 7) is 5.49. The minimum absolute atomic E-state index is 0.0430. The fourth-order valence-corrected chi connectivity index (χ4v) is 1.44. The van der Waals surface area contributed by atoms with Crippen LogP contribution in [0.15, 0.2) is 12.7 Å². The number of unbranched alkanes of at least 4 members (excludes halogenated alkanes) is 1. The maximum absolute atomic E-state index is 11.5. The Balaban J connectivity index is 4.06. The van der Waals surface area contributed by atoms with Gasteiger partial charge in [-0.05, 0) is 26.2 Å². The molecule has 0 aromatic rings. The van der Waals surface area contributed by atoms with E-state index in [0.717, 1.165) is 0 Å². The van der Waals surface area contributed by atoms with E-state index in [2.05, 4.69) is 16.6 Å². The monoisotopic (exact) mass is 271 g/mol. The Bertz CT molecular complexity index is 327. The predicted molar refractivity (Wildman–Crippen MR) is 69.5 cm³/mol. The van der Waals surface area contributed by atoms with E-state index in [0.29, 0.717) is 19.3 Å². The lowest BCUT2D eigenvalue weighted by atomic mass is 10.1. The Morgan fingerprint density at radius 3 is 2.58 bits per heavy atom. The van der Waals surface area contributed by atoms with Crippen molar-refractivity contribution in [2.75, 3.05) is 6.61 Å². The van der Waals surface area contributed by atoms with Gasteiger partial charge in [0, 0.05) is 6.42 Å². The van der Waals surface area contributed by atoms with E-state index in [9.17, 15) is 14.4 Å². The van der Waals surface area contributed by atoms with Crippen molar-refractivity contribution in [1.82, 2.24) is 5.32 Å². The SMILES string of the molecule is C=CCCC[C@H](NC(=O)CCC(=O)OCC)C(=O)O. The van der Waals surface area contributed by atoms with Crippen LogP contribution in [-0.4, -0.2) is 35.6 Å². The number of carboxylic acid groups (broad SMARTS) is 1. The number of esters is 1. The molecule has 6 heteroatoms. The molecule has 0 saturated carbocycles. The van der Waals surface area contributed by atoms with Crippen LogP contribution in [0.2, 0.25) is 0 Å². The minimum Gasteiger partial charge on any atom is -0.480 e. The molecule has 0 aliphatic carbocycles. The highest BCUT2D eigenvalue weighted by molar-refractivity contribution is 5.85. The first-order chi connectivity index (χ1) is 9.01. The molecular weight excluding hydrogens is 250 g/mol. The Labute approximate surface area is 112 Å². The highest BCUT2D eigenvalue weighted by Gasteiger charge is 2.19. The highest BCUT2D eigenvalue weighted by Crippen LogP contribution is 2.03. The van der Waals surface area contributed by atoms with Crippen LogP contribution in [0.4, 0.5) is 0 Å². The van der Waals surface area contributed by atoms with Crippen molar-refractivity contribution in [3.8, 4) is 0 Å². The summed E-state index contributed by atoms with van der Waals surface area (Å²) in [6, 6.07) is -0.922. The van der Waals surface area contributed by atoms with Crippen molar-refractivity contribution in [3.63, 3.8) is 0 Å². The van der Waals surface area contributed by atoms with E-state index in [1.807, 2.05) is 0 Å². The van der Waals surface area contributed by atoms with Crippen LogP contribution in [0.1, 0.15) is 39.0 Å². The molecule has 1 atom stereocenters. The molecule has 0 saturated heterocycles. The Morgan fingerprint density at radius 1 is 1.37 bits per heavy atom. The van der Waals surface area contributed by atoms with Gasteiger partial charge in [-0.25, -0.2) is 4.79 Å². The number of amides is 1. The molecule has 2 N–H and O–H groups in total. The topological polar surface area (TPSA) is 92.7 Å². The molecule has 1 amide bonds. The summed E-state index contributed by atoms with van der Waals surface area (Å²) in [6.07, 6.45) is 3.26. The minimum atomic E-state index is -1.08. The highest BCUT2D eigenvalue weighted by atomic mass is 16.5. The van der Waals surface area contributed by atoms with Crippen molar-refractivity contribution in [1.29, 1.82) is 0 Å². The van der Waals surface area contributed by atoms with Crippen LogP contribution in [-0.2, 0) is 19.1 Å². The number of carboxylic acids is 1. The number of nitrogens with one attached hydrogen (secondary N) is 1. The first-order valence-corrected chi connectivity index (χ1v) is 6.30. The van der Waals surface area contributed by atoms with Gasteiger partial charge in [0.15, 0.2) is 0 Å². The molecule has 19 heavy (non-hydrogen) atoms. The Kier molecular flexibility index (Phi) is 9.12. The molecule has 0 bridgehead atoms. The van der Waals surface area contributed by atoms with E-state index in [4.69, 9.17) is 5.11 Å². The third-order valence-corrected chi connectivity index (χ3v) is 2.40. The summed E-state index contributed by atoms with van der Waals surface area (Å²) < 4.78 is 4.68. The summed E-state index contributed by atoms with van der Waals surface area (Å²) in [4.78, 5) is 33.5. The zero-order valence-corrected chi connectivity index (χ0v) is 11.2. The molecule has 0 aliphatic rings. The lowest BCUT2D eigenvalue weighted by molar-refractivity contribution is -0.145. The Hall–Kier alpha value is -1.85. The smallest absolute Gasteiger partial charge is 0.326 e. The van der Waals surface area contributed by atoms with Crippen LogP contribution in [0.5, 0.6) is 0 Å². The average molecular weight is 271 g/mol. The van der Waals surface area contributed by atoms with Crippen molar-refractivity contribution in [2.24, 2.45) is 0 Å². The zero-order chi connectivity index (χ0) is 14.7. The molecule has 6 nitrogen and oxygen atoms in total. The molecule has 0 radical (unpaired) electrons. The van der Waals surface area contributed by atoms with E-state index in [1.165, 1.54) is 0 Å². The first-order valence-electron chi connectivity index (χ1n) is 6.30. The zero-order valence-electron chi connectivity index (χ0n) is 11.2. The molecule has 0 fully saturated rings. The fraction of sp³-hybridized carbons (Fsp3) is 0.615.